The monoisotopic (exact) mass is 445 g/mol. The molecule has 0 bridgehead atoms. The molecule has 1 saturated heterocycles. The lowest BCUT2D eigenvalue weighted by Gasteiger charge is -2.31. The number of likely N-dealkylation sites (tertiary alicyclic amines) is 1. The lowest BCUT2D eigenvalue weighted by Crippen LogP contribution is -2.40. The van der Waals surface area contributed by atoms with Gasteiger partial charge in [0.25, 0.3) is 5.56 Å². The fraction of sp³-hybridized carbons (Fsp3) is 0.696. The van der Waals surface area contributed by atoms with E-state index >= 15 is 0 Å². The lowest BCUT2D eigenvalue weighted by molar-refractivity contribution is -0.130. The van der Waals surface area contributed by atoms with E-state index in [4.69, 9.17) is 4.98 Å². The predicted molar refractivity (Wildman–Crippen MR) is 124 cm³/mol. The van der Waals surface area contributed by atoms with E-state index in [-0.39, 0.29) is 17.5 Å². The second kappa shape index (κ2) is 8.65. The van der Waals surface area contributed by atoms with Crippen molar-refractivity contribution in [1.29, 1.82) is 0 Å². The average Bonchev–Trinajstić information content (AvgIpc) is 3.39. The maximum atomic E-state index is 13.7. The van der Waals surface area contributed by atoms with Crippen LogP contribution in [0.15, 0.2) is 9.95 Å². The second-order valence-corrected chi connectivity index (χ2v) is 11.3. The van der Waals surface area contributed by atoms with Crippen LogP contribution in [0.1, 0.15) is 74.8 Å². The van der Waals surface area contributed by atoms with Crippen LogP contribution < -0.4 is 5.56 Å². The molecule has 30 heavy (non-hydrogen) atoms. The molecule has 1 atom stereocenters. The van der Waals surface area contributed by atoms with Crippen molar-refractivity contribution in [3.8, 4) is 0 Å². The number of rotatable bonds is 4. The van der Waals surface area contributed by atoms with Gasteiger partial charge in [0.1, 0.15) is 4.83 Å². The molecule has 0 spiro atoms. The minimum absolute atomic E-state index is 0.146. The predicted octanol–water partition coefficient (Wildman–Crippen LogP) is 4.80. The van der Waals surface area contributed by atoms with Gasteiger partial charge in [0.2, 0.25) is 5.91 Å². The Morgan fingerprint density at radius 3 is 2.73 bits per heavy atom. The standard InChI is InChI=1S/C23H31N3O2S2/c1-15-7-6-12-25(13-15)19(27)14-29-23-24-21-20(17-10-4-5-11-18(17)30-21)22(28)26(23)16-8-2-3-9-16/h15-16H,2-14H2,1H3. The largest absolute Gasteiger partial charge is 0.342 e. The molecule has 2 aliphatic carbocycles. The van der Waals surface area contributed by atoms with Crippen LogP contribution in [0.5, 0.6) is 0 Å². The van der Waals surface area contributed by atoms with Gasteiger partial charge in [-0.05, 0) is 62.8 Å². The van der Waals surface area contributed by atoms with E-state index in [9.17, 15) is 9.59 Å². The highest BCUT2D eigenvalue weighted by atomic mass is 32.2. The number of thiophene rings is 1. The molecule has 1 unspecified atom stereocenters. The summed E-state index contributed by atoms with van der Waals surface area (Å²) >= 11 is 3.19. The molecule has 162 valence electrons. The zero-order valence-electron chi connectivity index (χ0n) is 17.8. The third kappa shape index (κ3) is 3.83. The summed E-state index contributed by atoms with van der Waals surface area (Å²) in [6.07, 6.45) is 11.2. The molecule has 0 radical (unpaired) electrons. The molecule has 2 aromatic rings. The van der Waals surface area contributed by atoms with Crippen LogP contribution in [-0.4, -0.2) is 39.2 Å². The summed E-state index contributed by atoms with van der Waals surface area (Å²) in [5.41, 5.74) is 1.41. The number of aromatic nitrogens is 2. The second-order valence-electron chi connectivity index (χ2n) is 9.27. The Bertz CT molecular complexity index is 1010. The van der Waals surface area contributed by atoms with Gasteiger partial charge in [-0.2, -0.15) is 0 Å². The molecule has 5 rings (SSSR count). The van der Waals surface area contributed by atoms with Crippen LogP contribution in [0, 0.1) is 5.92 Å². The number of amides is 1. The van der Waals surface area contributed by atoms with Crippen LogP contribution in [-0.2, 0) is 17.6 Å². The molecule has 1 aliphatic heterocycles. The number of aryl methyl sites for hydroxylation is 2. The summed E-state index contributed by atoms with van der Waals surface area (Å²) < 4.78 is 1.97. The van der Waals surface area contributed by atoms with Crippen molar-refractivity contribution in [2.24, 2.45) is 5.92 Å². The van der Waals surface area contributed by atoms with Crippen molar-refractivity contribution < 1.29 is 4.79 Å². The number of carbonyl (C=O) groups is 1. The number of hydrogen-bond donors (Lipinski definition) is 0. The first-order chi connectivity index (χ1) is 14.6. The first-order valence-electron chi connectivity index (χ1n) is 11.6. The van der Waals surface area contributed by atoms with Gasteiger partial charge in [-0.1, -0.05) is 31.5 Å². The van der Waals surface area contributed by atoms with E-state index in [0.29, 0.717) is 11.7 Å². The molecule has 3 heterocycles. The van der Waals surface area contributed by atoms with Crippen molar-refractivity contribution in [3.63, 3.8) is 0 Å². The number of piperidine rings is 1. The van der Waals surface area contributed by atoms with Crippen molar-refractivity contribution in [1.82, 2.24) is 14.5 Å². The molecule has 0 N–H and O–H groups in total. The Balaban J connectivity index is 1.48. The molecule has 3 aliphatic rings. The normalized spacial score (nSPS) is 22.6. The average molecular weight is 446 g/mol. The van der Waals surface area contributed by atoms with Crippen LogP contribution in [0.2, 0.25) is 0 Å². The number of hydrogen-bond acceptors (Lipinski definition) is 5. The zero-order chi connectivity index (χ0) is 20.7. The lowest BCUT2D eigenvalue weighted by atomic mass is 9.97. The summed E-state index contributed by atoms with van der Waals surface area (Å²) in [7, 11) is 0. The van der Waals surface area contributed by atoms with Crippen LogP contribution >= 0.6 is 23.1 Å². The van der Waals surface area contributed by atoms with Gasteiger partial charge in [-0.3, -0.25) is 14.2 Å². The van der Waals surface area contributed by atoms with Crippen LogP contribution in [0.25, 0.3) is 10.2 Å². The van der Waals surface area contributed by atoms with Crippen molar-refractivity contribution in [2.75, 3.05) is 18.8 Å². The van der Waals surface area contributed by atoms with Gasteiger partial charge in [-0.25, -0.2) is 4.98 Å². The molecule has 7 heteroatoms. The van der Waals surface area contributed by atoms with Gasteiger partial charge in [-0.15, -0.1) is 11.3 Å². The van der Waals surface area contributed by atoms with Gasteiger partial charge < -0.3 is 4.90 Å². The molecular weight excluding hydrogens is 414 g/mol. The van der Waals surface area contributed by atoms with Gasteiger partial charge in [0.15, 0.2) is 5.16 Å². The molecule has 0 aromatic carbocycles. The van der Waals surface area contributed by atoms with Crippen molar-refractivity contribution >= 4 is 39.2 Å². The van der Waals surface area contributed by atoms with E-state index in [2.05, 4.69) is 6.92 Å². The SMILES string of the molecule is CC1CCCN(C(=O)CSc2nc3sc4c(c3c(=O)n2C2CCCC2)CCCC4)C1. The fourth-order valence-corrected chi connectivity index (χ4v) is 7.69. The minimum Gasteiger partial charge on any atom is -0.342 e. The van der Waals surface area contributed by atoms with Crippen LogP contribution in [0.4, 0.5) is 0 Å². The third-order valence-corrected chi connectivity index (χ3v) is 9.14. The highest BCUT2D eigenvalue weighted by Gasteiger charge is 2.28. The third-order valence-electron chi connectivity index (χ3n) is 7.01. The quantitative estimate of drug-likeness (QED) is 0.501. The smallest absolute Gasteiger partial charge is 0.263 e. The number of nitrogens with zero attached hydrogens (tertiary/aromatic N) is 3. The maximum absolute atomic E-state index is 13.7. The Morgan fingerprint density at radius 2 is 1.93 bits per heavy atom. The molecular formula is C23H31N3O2S2. The Morgan fingerprint density at radius 1 is 1.13 bits per heavy atom. The summed E-state index contributed by atoms with van der Waals surface area (Å²) in [5.74, 6) is 1.14. The van der Waals surface area contributed by atoms with Gasteiger partial charge >= 0.3 is 0 Å². The zero-order valence-corrected chi connectivity index (χ0v) is 19.5. The molecule has 2 aromatic heterocycles. The Kier molecular flexibility index (Phi) is 5.93. The number of fused-ring (bicyclic) bond motifs is 3. The molecule has 2 fully saturated rings. The fourth-order valence-electron chi connectivity index (χ4n) is 5.42. The highest BCUT2D eigenvalue weighted by Crippen LogP contribution is 2.37. The maximum Gasteiger partial charge on any atom is 0.263 e. The molecule has 5 nitrogen and oxygen atoms in total. The van der Waals surface area contributed by atoms with Gasteiger partial charge in [0.05, 0.1) is 11.1 Å². The topological polar surface area (TPSA) is 55.2 Å². The minimum atomic E-state index is 0.146. The van der Waals surface area contributed by atoms with E-state index in [0.717, 1.165) is 60.6 Å². The summed E-state index contributed by atoms with van der Waals surface area (Å²) in [6, 6.07) is 0.237. The summed E-state index contributed by atoms with van der Waals surface area (Å²) in [5, 5.41) is 1.64. The highest BCUT2D eigenvalue weighted by molar-refractivity contribution is 7.99. The summed E-state index contributed by atoms with van der Waals surface area (Å²) in [4.78, 5) is 35.8. The number of carbonyl (C=O) groups excluding carboxylic acids is 1. The van der Waals surface area contributed by atoms with E-state index < -0.39 is 0 Å². The number of thioether (sulfide) groups is 1. The van der Waals surface area contributed by atoms with E-state index in [1.165, 1.54) is 54.3 Å². The van der Waals surface area contributed by atoms with Crippen molar-refractivity contribution in [2.45, 2.75) is 82.3 Å². The first-order valence-corrected chi connectivity index (χ1v) is 13.4. The Hall–Kier alpha value is -1.34. The Labute approximate surface area is 186 Å². The van der Waals surface area contributed by atoms with Crippen molar-refractivity contribution in [3.05, 3.63) is 20.8 Å². The first kappa shape index (κ1) is 20.6. The molecule has 1 saturated carbocycles. The van der Waals surface area contributed by atoms with Crippen LogP contribution in [0.3, 0.4) is 0 Å². The summed E-state index contributed by atoms with van der Waals surface area (Å²) in [6.45, 7) is 3.95. The van der Waals surface area contributed by atoms with E-state index in [1.54, 1.807) is 11.3 Å². The van der Waals surface area contributed by atoms with Gasteiger partial charge in [0, 0.05) is 24.0 Å². The van der Waals surface area contributed by atoms with E-state index in [1.807, 2.05) is 9.47 Å². The molecule has 1 amide bonds.